The van der Waals surface area contributed by atoms with Gasteiger partial charge in [0.2, 0.25) is 5.91 Å². The van der Waals surface area contributed by atoms with Crippen LogP contribution < -0.4 is 11.1 Å². The first-order valence-electron chi connectivity index (χ1n) is 6.95. The van der Waals surface area contributed by atoms with Gasteiger partial charge in [0.05, 0.1) is 18.2 Å². The molecule has 4 N–H and O–H groups in total. The van der Waals surface area contributed by atoms with Crippen molar-refractivity contribution in [3.05, 3.63) is 35.4 Å². The fraction of sp³-hybridized carbons (Fsp3) is 0.533. The van der Waals surface area contributed by atoms with Gasteiger partial charge in [-0.1, -0.05) is 44.0 Å². The molecule has 4 heteroatoms. The van der Waals surface area contributed by atoms with E-state index in [1.54, 1.807) is 0 Å². The van der Waals surface area contributed by atoms with Gasteiger partial charge in [0.25, 0.3) is 0 Å². The van der Waals surface area contributed by atoms with Crippen LogP contribution in [0.1, 0.15) is 43.4 Å². The van der Waals surface area contributed by atoms with Gasteiger partial charge in [-0.2, -0.15) is 0 Å². The lowest BCUT2D eigenvalue weighted by Gasteiger charge is -2.20. The zero-order valence-corrected chi connectivity index (χ0v) is 11.3. The molecule has 19 heavy (non-hydrogen) atoms. The fourth-order valence-corrected chi connectivity index (χ4v) is 2.56. The summed E-state index contributed by atoms with van der Waals surface area (Å²) >= 11 is 0. The summed E-state index contributed by atoms with van der Waals surface area (Å²) in [5.74, 6) is -0.172. The summed E-state index contributed by atoms with van der Waals surface area (Å²) in [5, 5.41) is 12.9. The van der Waals surface area contributed by atoms with Crippen LogP contribution in [0.3, 0.4) is 0 Å². The average molecular weight is 262 g/mol. The van der Waals surface area contributed by atoms with Crippen LogP contribution in [0.15, 0.2) is 24.3 Å². The molecule has 104 valence electrons. The minimum Gasteiger partial charge on any atom is -0.390 e. The van der Waals surface area contributed by atoms with Gasteiger partial charge in [-0.25, -0.2) is 0 Å². The van der Waals surface area contributed by atoms with E-state index in [4.69, 9.17) is 5.73 Å². The first-order chi connectivity index (χ1) is 9.13. The number of carbonyl (C=O) groups excluding carboxylic acids is 1. The number of hydrogen-bond donors (Lipinski definition) is 3. The van der Waals surface area contributed by atoms with Crippen molar-refractivity contribution in [2.45, 2.75) is 50.8 Å². The lowest BCUT2D eigenvalue weighted by Crippen LogP contribution is -2.44. The molecule has 0 bridgehead atoms. The van der Waals surface area contributed by atoms with E-state index < -0.39 is 12.1 Å². The number of nitrogens with one attached hydrogen (secondary N) is 1. The molecule has 1 aromatic rings. The minimum absolute atomic E-state index is 0.172. The highest BCUT2D eigenvalue weighted by Gasteiger charge is 2.32. The van der Waals surface area contributed by atoms with Crippen molar-refractivity contribution >= 4 is 5.91 Å². The number of benzene rings is 1. The first-order valence-corrected chi connectivity index (χ1v) is 6.95. The van der Waals surface area contributed by atoms with Crippen molar-refractivity contribution in [2.75, 3.05) is 0 Å². The maximum absolute atomic E-state index is 12.0. The van der Waals surface area contributed by atoms with Crippen LogP contribution in [0, 0.1) is 0 Å². The highest BCUT2D eigenvalue weighted by Crippen LogP contribution is 2.31. The predicted octanol–water partition coefficient (Wildman–Crippen LogP) is 1.28. The van der Waals surface area contributed by atoms with E-state index >= 15 is 0 Å². The number of fused-ring (bicyclic) bond motifs is 1. The molecule has 0 saturated heterocycles. The van der Waals surface area contributed by atoms with Crippen LogP contribution in [-0.2, 0) is 11.2 Å². The van der Waals surface area contributed by atoms with Gasteiger partial charge in [-0.3, -0.25) is 4.79 Å². The molecule has 4 nitrogen and oxygen atoms in total. The normalized spacial score (nSPS) is 22.9. The number of hydrogen-bond acceptors (Lipinski definition) is 3. The Balaban J connectivity index is 2.01. The molecule has 1 amide bonds. The Morgan fingerprint density at radius 2 is 2.26 bits per heavy atom. The SMILES string of the molecule is CCCC[C@H](N)C(=O)N[C@@H]1c2ccccc2C[C@@H]1O. The minimum atomic E-state index is -0.556. The quantitative estimate of drug-likeness (QED) is 0.748. The van der Waals surface area contributed by atoms with E-state index in [0.29, 0.717) is 12.8 Å². The number of aliphatic hydroxyl groups is 1. The van der Waals surface area contributed by atoms with Crippen molar-refractivity contribution < 1.29 is 9.90 Å². The lowest BCUT2D eigenvalue weighted by atomic mass is 10.1. The van der Waals surface area contributed by atoms with Gasteiger partial charge in [0.15, 0.2) is 0 Å². The van der Waals surface area contributed by atoms with Crippen molar-refractivity contribution in [3.8, 4) is 0 Å². The predicted molar refractivity (Wildman–Crippen MR) is 74.5 cm³/mol. The molecule has 0 spiro atoms. The van der Waals surface area contributed by atoms with Crippen molar-refractivity contribution in [1.29, 1.82) is 0 Å². The highest BCUT2D eigenvalue weighted by atomic mass is 16.3. The van der Waals surface area contributed by atoms with Crippen LogP contribution >= 0.6 is 0 Å². The first kappa shape index (κ1) is 14.0. The Bertz CT molecular complexity index is 448. The summed E-state index contributed by atoms with van der Waals surface area (Å²) < 4.78 is 0. The second kappa shape index (κ2) is 6.17. The molecule has 0 heterocycles. The molecular weight excluding hydrogens is 240 g/mol. The second-order valence-electron chi connectivity index (χ2n) is 5.21. The highest BCUT2D eigenvalue weighted by molar-refractivity contribution is 5.82. The summed E-state index contributed by atoms with van der Waals surface area (Å²) in [6.45, 7) is 2.07. The van der Waals surface area contributed by atoms with Crippen LogP contribution in [0.2, 0.25) is 0 Å². The molecule has 0 fully saturated rings. The van der Waals surface area contributed by atoms with Gasteiger partial charge >= 0.3 is 0 Å². The van der Waals surface area contributed by atoms with Crippen LogP contribution in [0.4, 0.5) is 0 Å². The largest absolute Gasteiger partial charge is 0.390 e. The van der Waals surface area contributed by atoms with Crippen molar-refractivity contribution in [1.82, 2.24) is 5.32 Å². The molecule has 1 aromatic carbocycles. The van der Waals surface area contributed by atoms with E-state index in [1.165, 1.54) is 0 Å². The van der Waals surface area contributed by atoms with Crippen LogP contribution in [0.5, 0.6) is 0 Å². The number of nitrogens with two attached hydrogens (primary N) is 1. The third-order valence-corrected chi connectivity index (χ3v) is 3.71. The number of aliphatic hydroxyl groups excluding tert-OH is 1. The summed E-state index contributed by atoms with van der Waals surface area (Å²) in [6.07, 6.45) is 2.69. The Hall–Kier alpha value is -1.39. The summed E-state index contributed by atoms with van der Waals surface area (Å²) in [7, 11) is 0. The molecule has 2 rings (SSSR count). The zero-order chi connectivity index (χ0) is 13.8. The lowest BCUT2D eigenvalue weighted by molar-refractivity contribution is -0.124. The maximum atomic E-state index is 12.0. The standard InChI is InChI=1S/C15H22N2O2/c1-2-3-8-12(16)15(19)17-14-11-7-5-4-6-10(11)9-13(14)18/h4-7,12-14,18H,2-3,8-9,16H2,1H3,(H,17,19)/t12-,13-,14+/m0/s1. The summed E-state index contributed by atoms with van der Waals surface area (Å²) in [6, 6.07) is 7.00. The van der Waals surface area contributed by atoms with Crippen molar-refractivity contribution in [2.24, 2.45) is 5.73 Å². The monoisotopic (exact) mass is 262 g/mol. The van der Waals surface area contributed by atoms with E-state index in [2.05, 4.69) is 12.2 Å². The Morgan fingerprint density at radius 1 is 1.53 bits per heavy atom. The van der Waals surface area contributed by atoms with Gasteiger partial charge in [0.1, 0.15) is 0 Å². The molecule has 0 aromatic heterocycles. The molecule has 0 radical (unpaired) electrons. The van der Waals surface area contributed by atoms with E-state index in [1.807, 2.05) is 24.3 Å². The Kier molecular flexibility index (Phi) is 4.56. The average Bonchev–Trinajstić information content (AvgIpc) is 2.72. The molecule has 3 atom stereocenters. The summed E-state index contributed by atoms with van der Waals surface area (Å²) in [5.41, 5.74) is 7.96. The topological polar surface area (TPSA) is 75.4 Å². The van der Waals surface area contributed by atoms with Gasteiger partial charge in [-0.15, -0.1) is 0 Å². The second-order valence-corrected chi connectivity index (χ2v) is 5.21. The van der Waals surface area contributed by atoms with Crippen LogP contribution in [0.25, 0.3) is 0 Å². The maximum Gasteiger partial charge on any atom is 0.237 e. The van der Waals surface area contributed by atoms with Crippen molar-refractivity contribution in [3.63, 3.8) is 0 Å². The number of carbonyl (C=O) groups is 1. The molecule has 0 unspecified atom stereocenters. The van der Waals surface area contributed by atoms with E-state index in [0.717, 1.165) is 24.0 Å². The van der Waals surface area contributed by atoms with E-state index in [9.17, 15) is 9.90 Å². The molecule has 1 aliphatic carbocycles. The van der Waals surface area contributed by atoms with Gasteiger partial charge < -0.3 is 16.2 Å². The van der Waals surface area contributed by atoms with Gasteiger partial charge in [0, 0.05) is 6.42 Å². The fourth-order valence-electron chi connectivity index (χ4n) is 2.56. The van der Waals surface area contributed by atoms with Crippen LogP contribution in [-0.4, -0.2) is 23.2 Å². The van der Waals surface area contributed by atoms with Gasteiger partial charge in [-0.05, 0) is 17.5 Å². The number of rotatable bonds is 5. The molecule has 0 saturated carbocycles. The van der Waals surface area contributed by atoms with E-state index in [-0.39, 0.29) is 11.9 Å². The number of amides is 1. The third kappa shape index (κ3) is 3.14. The third-order valence-electron chi connectivity index (χ3n) is 3.71. The smallest absolute Gasteiger partial charge is 0.237 e. The molecule has 1 aliphatic rings. The Labute approximate surface area is 114 Å². The molecule has 0 aliphatic heterocycles. The zero-order valence-electron chi connectivity index (χ0n) is 11.3. The molecular formula is C15H22N2O2. The summed E-state index contributed by atoms with van der Waals surface area (Å²) in [4.78, 5) is 12.0. The number of unbranched alkanes of at least 4 members (excludes halogenated alkanes) is 1. The Morgan fingerprint density at radius 3 is 3.00 bits per heavy atom.